The quantitative estimate of drug-likeness (QED) is 0.805. The normalized spacial score (nSPS) is 10.4. The fourth-order valence-corrected chi connectivity index (χ4v) is 1.67. The van der Waals surface area contributed by atoms with E-state index in [1.54, 1.807) is 6.20 Å². The van der Waals surface area contributed by atoms with E-state index in [2.05, 4.69) is 4.98 Å². The molecule has 0 amide bonds. The van der Waals surface area contributed by atoms with Gasteiger partial charge in [-0.25, -0.2) is 0 Å². The molecular weight excluding hydrogens is 200 g/mol. The third kappa shape index (κ3) is 2.04. The number of anilines is 1. The first-order valence-corrected chi connectivity index (χ1v) is 5.13. The summed E-state index contributed by atoms with van der Waals surface area (Å²) in [6, 6.07) is 9.61. The Balaban J connectivity index is 2.42. The summed E-state index contributed by atoms with van der Waals surface area (Å²) in [7, 11) is 0. The molecule has 2 rings (SSSR count). The van der Waals surface area contributed by atoms with Crippen LogP contribution in [0.25, 0.3) is 11.3 Å². The van der Waals surface area contributed by atoms with E-state index >= 15 is 0 Å². The number of hydrogen-bond donors (Lipinski definition) is 2. The van der Waals surface area contributed by atoms with Crippen molar-refractivity contribution in [1.82, 2.24) is 4.98 Å². The van der Waals surface area contributed by atoms with Gasteiger partial charge in [-0.1, -0.05) is 24.3 Å². The minimum Gasteiger partial charge on any atom is -0.397 e. The second-order valence-corrected chi connectivity index (χ2v) is 3.79. The molecular formula is C13H14N2O. The van der Waals surface area contributed by atoms with Crippen molar-refractivity contribution in [2.45, 2.75) is 13.5 Å². The van der Waals surface area contributed by atoms with Crippen molar-refractivity contribution in [2.75, 3.05) is 5.73 Å². The van der Waals surface area contributed by atoms with Gasteiger partial charge in [0, 0.05) is 5.56 Å². The number of hydrogen-bond acceptors (Lipinski definition) is 3. The number of aliphatic hydroxyl groups is 1. The molecule has 3 nitrogen and oxygen atoms in total. The van der Waals surface area contributed by atoms with Crippen LogP contribution in [0.2, 0.25) is 0 Å². The van der Waals surface area contributed by atoms with E-state index < -0.39 is 0 Å². The number of pyridine rings is 1. The van der Waals surface area contributed by atoms with Crippen LogP contribution in [0.15, 0.2) is 36.5 Å². The summed E-state index contributed by atoms with van der Waals surface area (Å²) in [5.41, 5.74) is 10.2. The maximum absolute atomic E-state index is 8.96. The summed E-state index contributed by atoms with van der Waals surface area (Å²) < 4.78 is 0. The number of nitrogens with zero attached hydrogens (tertiary/aromatic N) is 1. The monoisotopic (exact) mass is 214 g/mol. The van der Waals surface area contributed by atoms with E-state index in [-0.39, 0.29) is 6.61 Å². The van der Waals surface area contributed by atoms with Crippen LogP contribution >= 0.6 is 0 Å². The number of aliphatic hydroxyl groups excluding tert-OH is 1. The van der Waals surface area contributed by atoms with Crippen LogP contribution in [0.1, 0.15) is 11.1 Å². The Morgan fingerprint density at radius 3 is 2.50 bits per heavy atom. The Hall–Kier alpha value is -1.87. The maximum Gasteiger partial charge on any atom is 0.0732 e. The third-order valence-corrected chi connectivity index (χ3v) is 2.51. The van der Waals surface area contributed by atoms with E-state index in [9.17, 15) is 0 Å². The number of aromatic nitrogens is 1. The zero-order valence-electron chi connectivity index (χ0n) is 9.14. The molecule has 1 aromatic carbocycles. The van der Waals surface area contributed by atoms with Gasteiger partial charge in [0.05, 0.1) is 24.2 Å². The Morgan fingerprint density at radius 2 is 1.94 bits per heavy atom. The van der Waals surface area contributed by atoms with Gasteiger partial charge in [-0.2, -0.15) is 0 Å². The molecule has 0 aliphatic heterocycles. The fourth-order valence-electron chi connectivity index (χ4n) is 1.67. The van der Waals surface area contributed by atoms with E-state index in [0.29, 0.717) is 5.69 Å². The topological polar surface area (TPSA) is 59.1 Å². The highest BCUT2D eigenvalue weighted by Gasteiger charge is 2.03. The van der Waals surface area contributed by atoms with Gasteiger partial charge in [0.15, 0.2) is 0 Å². The zero-order valence-corrected chi connectivity index (χ0v) is 9.14. The Morgan fingerprint density at radius 1 is 1.25 bits per heavy atom. The van der Waals surface area contributed by atoms with Gasteiger partial charge in [0.25, 0.3) is 0 Å². The number of rotatable bonds is 2. The molecule has 0 bridgehead atoms. The molecule has 82 valence electrons. The maximum atomic E-state index is 8.96. The van der Waals surface area contributed by atoms with Crippen LogP contribution in [-0.2, 0) is 6.61 Å². The lowest BCUT2D eigenvalue weighted by Gasteiger charge is -2.06. The van der Waals surface area contributed by atoms with Crippen molar-refractivity contribution in [3.05, 3.63) is 47.7 Å². The first kappa shape index (κ1) is 10.6. The van der Waals surface area contributed by atoms with Crippen molar-refractivity contribution in [1.29, 1.82) is 0 Å². The molecule has 0 aliphatic carbocycles. The average Bonchev–Trinajstić information content (AvgIpc) is 2.29. The Bertz CT molecular complexity index is 492. The Kier molecular flexibility index (Phi) is 2.88. The SMILES string of the molecule is Cc1cc(N)cnc1-c1ccc(CO)cc1. The first-order valence-electron chi connectivity index (χ1n) is 5.13. The van der Waals surface area contributed by atoms with Gasteiger partial charge < -0.3 is 10.8 Å². The van der Waals surface area contributed by atoms with E-state index in [0.717, 1.165) is 22.4 Å². The van der Waals surface area contributed by atoms with Crippen LogP contribution in [0, 0.1) is 6.92 Å². The van der Waals surface area contributed by atoms with Crippen LogP contribution in [-0.4, -0.2) is 10.1 Å². The molecule has 0 radical (unpaired) electrons. The summed E-state index contributed by atoms with van der Waals surface area (Å²) in [6.45, 7) is 2.05. The predicted molar refractivity (Wildman–Crippen MR) is 64.7 cm³/mol. The van der Waals surface area contributed by atoms with Crippen LogP contribution in [0.5, 0.6) is 0 Å². The molecule has 0 saturated heterocycles. The summed E-state index contributed by atoms with van der Waals surface area (Å²) in [5, 5.41) is 8.96. The lowest BCUT2D eigenvalue weighted by molar-refractivity contribution is 0.282. The minimum atomic E-state index is 0.0639. The summed E-state index contributed by atoms with van der Waals surface area (Å²) in [6.07, 6.45) is 1.66. The molecule has 1 heterocycles. The van der Waals surface area contributed by atoms with Crippen molar-refractivity contribution < 1.29 is 5.11 Å². The Labute approximate surface area is 94.6 Å². The van der Waals surface area contributed by atoms with Crippen molar-refractivity contribution >= 4 is 5.69 Å². The van der Waals surface area contributed by atoms with Gasteiger partial charge in [-0.3, -0.25) is 4.98 Å². The fraction of sp³-hybridized carbons (Fsp3) is 0.154. The number of nitrogens with two attached hydrogens (primary N) is 1. The van der Waals surface area contributed by atoms with Crippen molar-refractivity contribution in [3.8, 4) is 11.3 Å². The number of nitrogen functional groups attached to an aromatic ring is 1. The smallest absolute Gasteiger partial charge is 0.0732 e. The van der Waals surface area contributed by atoms with Gasteiger partial charge >= 0.3 is 0 Å². The number of aryl methyl sites for hydroxylation is 1. The minimum absolute atomic E-state index is 0.0639. The second kappa shape index (κ2) is 4.33. The van der Waals surface area contributed by atoms with Gasteiger partial charge in [0.1, 0.15) is 0 Å². The zero-order chi connectivity index (χ0) is 11.5. The van der Waals surface area contributed by atoms with Gasteiger partial charge in [-0.15, -0.1) is 0 Å². The molecule has 0 fully saturated rings. The van der Waals surface area contributed by atoms with E-state index in [1.165, 1.54) is 0 Å². The molecule has 0 unspecified atom stereocenters. The van der Waals surface area contributed by atoms with Crippen molar-refractivity contribution in [2.24, 2.45) is 0 Å². The molecule has 0 aliphatic rings. The largest absolute Gasteiger partial charge is 0.397 e. The molecule has 3 N–H and O–H groups in total. The predicted octanol–water partition coefficient (Wildman–Crippen LogP) is 2.13. The average molecular weight is 214 g/mol. The highest BCUT2D eigenvalue weighted by atomic mass is 16.3. The van der Waals surface area contributed by atoms with Gasteiger partial charge in [0.2, 0.25) is 0 Å². The second-order valence-electron chi connectivity index (χ2n) is 3.79. The van der Waals surface area contributed by atoms with E-state index in [4.69, 9.17) is 10.8 Å². The summed E-state index contributed by atoms with van der Waals surface area (Å²) in [4.78, 5) is 4.32. The highest BCUT2D eigenvalue weighted by molar-refractivity contribution is 5.64. The first-order chi connectivity index (χ1) is 7.70. The van der Waals surface area contributed by atoms with E-state index in [1.807, 2.05) is 37.3 Å². The van der Waals surface area contributed by atoms with Crippen LogP contribution in [0.3, 0.4) is 0 Å². The molecule has 0 spiro atoms. The lowest BCUT2D eigenvalue weighted by Crippen LogP contribution is -1.93. The molecule has 2 aromatic rings. The standard InChI is InChI=1S/C13H14N2O/c1-9-6-12(14)7-15-13(9)11-4-2-10(8-16)3-5-11/h2-7,16H,8,14H2,1H3. The van der Waals surface area contributed by atoms with Crippen LogP contribution in [0.4, 0.5) is 5.69 Å². The highest BCUT2D eigenvalue weighted by Crippen LogP contribution is 2.22. The summed E-state index contributed by atoms with van der Waals surface area (Å²) >= 11 is 0. The third-order valence-electron chi connectivity index (χ3n) is 2.51. The molecule has 16 heavy (non-hydrogen) atoms. The molecule has 0 atom stereocenters. The molecule has 1 aromatic heterocycles. The van der Waals surface area contributed by atoms with Crippen LogP contribution < -0.4 is 5.73 Å². The van der Waals surface area contributed by atoms with Gasteiger partial charge in [-0.05, 0) is 24.1 Å². The lowest BCUT2D eigenvalue weighted by atomic mass is 10.0. The summed E-state index contributed by atoms with van der Waals surface area (Å²) in [5.74, 6) is 0. The molecule has 0 saturated carbocycles. The number of benzene rings is 1. The molecule has 3 heteroatoms. The van der Waals surface area contributed by atoms with Crippen molar-refractivity contribution in [3.63, 3.8) is 0 Å².